The Balaban J connectivity index is 1.56. The summed E-state index contributed by atoms with van der Waals surface area (Å²) < 4.78 is 0. The highest BCUT2D eigenvalue weighted by atomic mass is 35.5. The fourth-order valence-electron chi connectivity index (χ4n) is 5.22. The van der Waals surface area contributed by atoms with Gasteiger partial charge in [0.05, 0.1) is 0 Å². The van der Waals surface area contributed by atoms with Gasteiger partial charge in [0.15, 0.2) is 0 Å². The second-order valence-corrected chi connectivity index (χ2v) is 10.7. The van der Waals surface area contributed by atoms with Gasteiger partial charge in [-0.3, -0.25) is 9.59 Å². The number of anilines is 2. The van der Waals surface area contributed by atoms with E-state index in [4.69, 9.17) is 11.6 Å². The van der Waals surface area contributed by atoms with Gasteiger partial charge in [-0.25, -0.2) is 9.69 Å². The number of amides is 4. The average Bonchev–Trinajstić information content (AvgIpc) is 3.04. The third-order valence-corrected chi connectivity index (χ3v) is 7.14. The first-order valence-electron chi connectivity index (χ1n) is 12.3. The number of carbonyl (C=O) groups excluding carboxylic acids is 3. The summed E-state index contributed by atoms with van der Waals surface area (Å²) in [6, 6.07) is 10.7. The van der Waals surface area contributed by atoms with Gasteiger partial charge in [-0.2, -0.15) is 0 Å². The second-order valence-electron chi connectivity index (χ2n) is 10.3. The molecular weight excluding hydrogens is 476 g/mol. The molecule has 190 valence electrons. The molecule has 2 heterocycles. The van der Waals surface area contributed by atoms with Gasteiger partial charge >= 0.3 is 6.03 Å². The lowest BCUT2D eigenvalue weighted by molar-refractivity contribution is -0.127. The molecule has 0 spiro atoms. The molecule has 2 N–H and O–H groups in total. The number of carbonyl (C=O) groups is 3. The SMILES string of the molecule is CCCN1c2cc(Cl)c(/C=C3/NC(=O)N(CC(=O)Nc4cccc(C)c4)C3=O)cc2C(C)CC1(C)C. The van der Waals surface area contributed by atoms with Crippen LogP contribution in [-0.4, -0.2) is 41.4 Å². The molecule has 1 atom stereocenters. The summed E-state index contributed by atoms with van der Waals surface area (Å²) in [5.41, 5.74) is 4.66. The summed E-state index contributed by atoms with van der Waals surface area (Å²) in [7, 11) is 0. The lowest BCUT2D eigenvalue weighted by atomic mass is 9.79. The molecule has 2 aliphatic rings. The lowest BCUT2D eigenvalue weighted by Crippen LogP contribution is -2.48. The quantitative estimate of drug-likeness (QED) is 0.388. The van der Waals surface area contributed by atoms with E-state index in [-0.39, 0.29) is 17.8 Å². The molecule has 2 aliphatic heterocycles. The normalized spacial score (nSPS) is 19.9. The van der Waals surface area contributed by atoms with Crippen molar-refractivity contribution in [3.8, 4) is 0 Å². The van der Waals surface area contributed by atoms with Crippen molar-refractivity contribution in [2.45, 2.75) is 58.9 Å². The molecule has 36 heavy (non-hydrogen) atoms. The van der Waals surface area contributed by atoms with Crippen molar-refractivity contribution in [2.75, 3.05) is 23.3 Å². The molecule has 0 radical (unpaired) electrons. The Morgan fingerprint density at radius 1 is 1.25 bits per heavy atom. The molecule has 7 nitrogen and oxygen atoms in total. The number of hydrogen-bond donors (Lipinski definition) is 2. The van der Waals surface area contributed by atoms with Crippen molar-refractivity contribution in [3.05, 3.63) is 63.8 Å². The van der Waals surface area contributed by atoms with Crippen LogP contribution in [0.15, 0.2) is 42.1 Å². The summed E-state index contributed by atoms with van der Waals surface area (Å²) in [5.74, 6) is -0.701. The van der Waals surface area contributed by atoms with Crippen molar-refractivity contribution >= 4 is 46.9 Å². The second kappa shape index (κ2) is 9.97. The Labute approximate surface area is 217 Å². The van der Waals surface area contributed by atoms with E-state index < -0.39 is 17.8 Å². The van der Waals surface area contributed by atoms with E-state index in [0.29, 0.717) is 22.2 Å². The number of imide groups is 1. The van der Waals surface area contributed by atoms with E-state index >= 15 is 0 Å². The highest BCUT2D eigenvalue weighted by Crippen LogP contribution is 2.45. The fraction of sp³-hybridized carbons (Fsp3) is 0.393. The molecule has 1 unspecified atom stereocenters. The Morgan fingerprint density at radius 2 is 2.00 bits per heavy atom. The van der Waals surface area contributed by atoms with Gasteiger partial charge in [0, 0.05) is 28.5 Å². The Kier molecular flexibility index (Phi) is 7.14. The van der Waals surface area contributed by atoms with Crippen LogP contribution in [0.1, 0.15) is 63.1 Å². The molecule has 1 fully saturated rings. The first-order chi connectivity index (χ1) is 17.0. The van der Waals surface area contributed by atoms with Crippen LogP contribution in [0.2, 0.25) is 5.02 Å². The maximum atomic E-state index is 13.0. The number of rotatable bonds is 6. The first-order valence-corrected chi connectivity index (χ1v) is 12.7. The van der Waals surface area contributed by atoms with Crippen LogP contribution in [0.4, 0.5) is 16.2 Å². The zero-order valence-corrected chi connectivity index (χ0v) is 22.2. The van der Waals surface area contributed by atoms with Crippen molar-refractivity contribution < 1.29 is 14.4 Å². The molecule has 1 saturated heterocycles. The van der Waals surface area contributed by atoms with Gasteiger partial charge in [0.25, 0.3) is 5.91 Å². The van der Waals surface area contributed by atoms with Crippen molar-refractivity contribution in [1.82, 2.24) is 10.2 Å². The van der Waals surface area contributed by atoms with Crippen LogP contribution in [0.5, 0.6) is 0 Å². The maximum absolute atomic E-state index is 13.0. The number of benzene rings is 2. The van der Waals surface area contributed by atoms with Gasteiger partial charge in [-0.1, -0.05) is 37.6 Å². The summed E-state index contributed by atoms with van der Waals surface area (Å²) in [6.45, 7) is 11.3. The predicted molar refractivity (Wildman–Crippen MR) is 144 cm³/mol. The van der Waals surface area contributed by atoms with Crippen LogP contribution >= 0.6 is 11.6 Å². The van der Waals surface area contributed by atoms with Crippen LogP contribution in [-0.2, 0) is 9.59 Å². The third kappa shape index (κ3) is 5.12. The minimum atomic E-state index is -0.635. The predicted octanol–water partition coefficient (Wildman–Crippen LogP) is 5.68. The fourth-order valence-corrected chi connectivity index (χ4v) is 5.43. The lowest BCUT2D eigenvalue weighted by Gasteiger charge is -2.47. The standard InChI is InChI=1S/C28H33ClN4O3/c1-6-10-33-24-14-22(29)19(12-21(24)18(3)15-28(33,4)5)13-23-26(35)32(27(36)31-23)16-25(34)30-20-9-7-8-17(2)11-20/h7-9,11-14,18H,6,10,15-16H2,1-5H3,(H,30,34)(H,31,36)/b23-13+. The largest absolute Gasteiger partial charge is 0.366 e. The molecule has 8 heteroatoms. The topological polar surface area (TPSA) is 81.8 Å². The van der Waals surface area contributed by atoms with Gasteiger partial charge in [0.2, 0.25) is 5.91 Å². The number of halogens is 1. The zero-order chi connectivity index (χ0) is 26.2. The highest BCUT2D eigenvalue weighted by Gasteiger charge is 2.37. The number of nitrogens with zero attached hydrogens (tertiary/aromatic N) is 2. The van der Waals surface area contributed by atoms with Gasteiger partial charge in [-0.15, -0.1) is 0 Å². The third-order valence-electron chi connectivity index (χ3n) is 6.82. The Morgan fingerprint density at radius 3 is 2.69 bits per heavy atom. The van der Waals surface area contributed by atoms with Crippen LogP contribution < -0.4 is 15.5 Å². The van der Waals surface area contributed by atoms with Gasteiger partial charge in [0.1, 0.15) is 12.2 Å². The Hall–Kier alpha value is -3.32. The van der Waals surface area contributed by atoms with Crippen LogP contribution in [0.25, 0.3) is 6.08 Å². The minimum Gasteiger partial charge on any atom is -0.366 e. The van der Waals surface area contributed by atoms with Gasteiger partial charge in [-0.05, 0) is 86.6 Å². The average molecular weight is 509 g/mol. The molecule has 0 saturated carbocycles. The summed E-state index contributed by atoms with van der Waals surface area (Å²) in [4.78, 5) is 41.3. The molecule has 4 amide bonds. The van der Waals surface area contributed by atoms with E-state index in [1.807, 2.05) is 37.3 Å². The van der Waals surface area contributed by atoms with Crippen molar-refractivity contribution in [2.24, 2.45) is 0 Å². The molecule has 0 bridgehead atoms. The minimum absolute atomic E-state index is 0.0145. The Bertz CT molecular complexity index is 1250. The number of fused-ring (bicyclic) bond motifs is 1. The van der Waals surface area contributed by atoms with Crippen LogP contribution in [0.3, 0.4) is 0 Å². The van der Waals surface area contributed by atoms with Crippen molar-refractivity contribution in [1.29, 1.82) is 0 Å². The van der Waals surface area contributed by atoms with E-state index in [9.17, 15) is 14.4 Å². The summed E-state index contributed by atoms with van der Waals surface area (Å²) in [5, 5.41) is 5.82. The maximum Gasteiger partial charge on any atom is 0.329 e. The molecular formula is C28H33ClN4O3. The zero-order valence-electron chi connectivity index (χ0n) is 21.4. The smallest absolute Gasteiger partial charge is 0.329 e. The number of aryl methyl sites for hydroxylation is 1. The highest BCUT2D eigenvalue weighted by molar-refractivity contribution is 6.32. The molecule has 0 aliphatic carbocycles. The molecule has 4 rings (SSSR count). The number of hydrogen-bond acceptors (Lipinski definition) is 4. The summed E-state index contributed by atoms with van der Waals surface area (Å²) >= 11 is 6.68. The number of nitrogens with one attached hydrogen (secondary N) is 2. The van der Waals surface area contributed by atoms with E-state index in [1.54, 1.807) is 12.1 Å². The molecule has 2 aromatic rings. The number of urea groups is 1. The monoisotopic (exact) mass is 508 g/mol. The van der Waals surface area contributed by atoms with Crippen molar-refractivity contribution in [3.63, 3.8) is 0 Å². The van der Waals surface area contributed by atoms with Gasteiger partial charge < -0.3 is 15.5 Å². The van der Waals surface area contributed by atoms with Crippen LogP contribution in [0, 0.1) is 6.92 Å². The van der Waals surface area contributed by atoms with E-state index in [2.05, 4.69) is 43.2 Å². The molecule has 2 aromatic carbocycles. The summed E-state index contributed by atoms with van der Waals surface area (Å²) in [6.07, 6.45) is 3.61. The first kappa shape index (κ1) is 25.8. The molecule has 0 aromatic heterocycles. The van der Waals surface area contributed by atoms with E-state index in [0.717, 1.165) is 35.5 Å². The van der Waals surface area contributed by atoms with E-state index in [1.165, 1.54) is 5.56 Å².